The van der Waals surface area contributed by atoms with Crippen molar-refractivity contribution in [2.45, 2.75) is 13.5 Å². The fourth-order valence-electron chi connectivity index (χ4n) is 4.23. The zero-order chi connectivity index (χ0) is 20.7. The Hall–Kier alpha value is -2.97. The molecule has 0 radical (unpaired) electrons. The lowest BCUT2D eigenvalue weighted by Crippen LogP contribution is -2.43. The Morgan fingerprint density at radius 3 is 2.83 bits per heavy atom. The smallest absolute Gasteiger partial charge is 0.265 e. The number of ether oxygens (including phenoxy) is 1. The highest BCUT2D eigenvalue weighted by molar-refractivity contribution is 5.98. The molecule has 1 aromatic carbocycles. The van der Waals surface area contributed by atoms with Crippen LogP contribution >= 0.6 is 0 Å². The monoisotopic (exact) mass is 409 g/mol. The summed E-state index contributed by atoms with van der Waals surface area (Å²) in [6.07, 6.45) is 1.49. The summed E-state index contributed by atoms with van der Waals surface area (Å²) in [5, 5.41) is 3.36. The van der Waals surface area contributed by atoms with E-state index in [9.17, 15) is 9.18 Å². The van der Waals surface area contributed by atoms with Gasteiger partial charge >= 0.3 is 0 Å². The Morgan fingerprint density at radius 2 is 2.03 bits per heavy atom. The average molecular weight is 409 g/mol. The molecule has 2 aromatic heterocycles. The van der Waals surface area contributed by atoms with Gasteiger partial charge in [0.05, 0.1) is 17.1 Å². The van der Waals surface area contributed by atoms with Crippen LogP contribution in [0.1, 0.15) is 12.6 Å². The average Bonchev–Trinajstić information content (AvgIpc) is 3.11. The van der Waals surface area contributed by atoms with Crippen LogP contribution in [0.5, 0.6) is 5.75 Å². The van der Waals surface area contributed by atoms with Gasteiger partial charge in [0.25, 0.3) is 5.91 Å². The molecule has 0 spiro atoms. The maximum Gasteiger partial charge on any atom is 0.265 e. The molecule has 30 heavy (non-hydrogen) atoms. The van der Waals surface area contributed by atoms with Crippen molar-refractivity contribution in [2.24, 2.45) is 0 Å². The van der Waals surface area contributed by atoms with E-state index in [1.54, 1.807) is 11.0 Å². The Kier molecular flexibility index (Phi) is 4.88. The van der Waals surface area contributed by atoms with Crippen LogP contribution in [0.2, 0.25) is 0 Å². The Labute approximate surface area is 174 Å². The van der Waals surface area contributed by atoms with Crippen LogP contribution in [0.15, 0.2) is 36.5 Å². The molecule has 2 aliphatic heterocycles. The number of hydrogen-bond acceptors (Lipinski definition) is 5. The molecule has 4 heterocycles. The van der Waals surface area contributed by atoms with Gasteiger partial charge in [0, 0.05) is 51.0 Å². The van der Waals surface area contributed by atoms with Gasteiger partial charge in [-0.3, -0.25) is 14.1 Å². The summed E-state index contributed by atoms with van der Waals surface area (Å²) >= 11 is 0. The van der Waals surface area contributed by atoms with Crippen LogP contribution < -0.4 is 15.0 Å². The van der Waals surface area contributed by atoms with E-state index in [1.807, 2.05) is 29.5 Å². The summed E-state index contributed by atoms with van der Waals surface area (Å²) in [5.41, 5.74) is 4.09. The summed E-state index contributed by atoms with van der Waals surface area (Å²) < 4.78 is 21.5. The molecule has 0 saturated carbocycles. The van der Waals surface area contributed by atoms with Crippen molar-refractivity contribution in [1.29, 1.82) is 0 Å². The second-order valence-electron chi connectivity index (χ2n) is 7.62. The fourth-order valence-corrected chi connectivity index (χ4v) is 4.23. The number of rotatable bonds is 4. The normalized spacial score (nSPS) is 17.3. The maximum absolute atomic E-state index is 14.0. The molecule has 1 fully saturated rings. The van der Waals surface area contributed by atoms with Crippen molar-refractivity contribution < 1.29 is 13.9 Å². The van der Waals surface area contributed by atoms with Gasteiger partial charge in [-0.25, -0.2) is 9.37 Å². The first-order valence-electron chi connectivity index (χ1n) is 10.3. The third kappa shape index (κ3) is 3.32. The summed E-state index contributed by atoms with van der Waals surface area (Å²) in [5.74, 6) is 0.341. The lowest BCUT2D eigenvalue weighted by atomic mass is 10.1. The minimum atomic E-state index is -0.297. The van der Waals surface area contributed by atoms with Gasteiger partial charge in [-0.1, -0.05) is 0 Å². The highest BCUT2D eigenvalue weighted by Gasteiger charge is 2.26. The van der Waals surface area contributed by atoms with Crippen molar-refractivity contribution >= 4 is 17.2 Å². The Morgan fingerprint density at radius 1 is 1.20 bits per heavy atom. The molecule has 0 unspecified atom stereocenters. The van der Waals surface area contributed by atoms with Crippen molar-refractivity contribution in [3.05, 3.63) is 48.0 Å². The van der Waals surface area contributed by atoms with Crippen LogP contribution in [0, 0.1) is 5.82 Å². The van der Waals surface area contributed by atoms with Gasteiger partial charge in [0.2, 0.25) is 0 Å². The number of carbonyl (C=O) groups excluding carboxylic acids is 1. The first-order valence-corrected chi connectivity index (χ1v) is 10.3. The molecule has 3 aromatic rings. The summed E-state index contributed by atoms with van der Waals surface area (Å²) in [6, 6.07) is 8.93. The van der Waals surface area contributed by atoms with E-state index in [0.717, 1.165) is 48.8 Å². The standard InChI is InChI=1S/C22H24FN5O2/c1-2-27-17-11-15(3-5-19(17)30-14-21(27)29)22-18(13-26-9-7-24-8-10-26)28-12-16(23)4-6-20(28)25-22/h3-6,11-12,24H,2,7-10,13-14H2,1H3. The van der Waals surface area contributed by atoms with E-state index in [4.69, 9.17) is 9.72 Å². The molecule has 2 aliphatic rings. The zero-order valence-corrected chi connectivity index (χ0v) is 16.9. The van der Waals surface area contributed by atoms with Gasteiger partial charge in [-0.05, 0) is 37.3 Å². The molecule has 1 amide bonds. The van der Waals surface area contributed by atoms with Crippen LogP contribution in [0.3, 0.4) is 0 Å². The molecule has 156 valence electrons. The maximum atomic E-state index is 14.0. The van der Waals surface area contributed by atoms with Gasteiger partial charge in [-0.2, -0.15) is 0 Å². The number of amides is 1. The van der Waals surface area contributed by atoms with Crippen molar-refractivity contribution in [3.63, 3.8) is 0 Å². The predicted octanol–water partition coefficient (Wildman–Crippen LogP) is 2.29. The zero-order valence-electron chi connectivity index (χ0n) is 16.9. The summed E-state index contributed by atoms with van der Waals surface area (Å²) in [4.78, 5) is 21.2. The second-order valence-corrected chi connectivity index (χ2v) is 7.62. The molecule has 0 bridgehead atoms. The molecule has 0 aliphatic carbocycles. The fraction of sp³-hybridized carbons (Fsp3) is 0.364. The number of pyridine rings is 1. The summed E-state index contributed by atoms with van der Waals surface area (Å²) in [7, 11) is 0. The number of nitrogens with zero attached hydrogens (tertiary/aromatic N) is 4. The van der Waals surface area contributed by atoms with Gasteiger partial charge in [0.15, 0.2) is 6.61 Å². The van der Waals surface area contributed by atoms with Crippen LogP contribution in [0.4, 0.5) is 10.1 Å². The SMILES string of the molecule is CCN1C(=O)COc2ccc(-c3nc4ccc(F)cn4c3CN3CCNCC3)cc21. The first-order chi connectivity index (χ1) is 14.6. The Bertz CT molecular complexity index is 1110. The van der Waals surface area contributed by atoms with Crippen LogP contribution in [-0.2, 0) is 11.3 Å². The number of hydrogen-bond donors (Lipinski definition) is 1. The van der Waals surface area contributed by atoms with E-state index in [0.29, 0.717) is 24.5 Å². The van der Waals surface area contributed by atoms with E-state index >= 15 is 0 Å². The number of carbonyl (C=O) groups is 1. The van der Waals surface area contributed by atoms with Crippen molar-refractivity contribution in [3.8, 4) is 17.0 Å². The molecule has 1 saturated heterocycles. The van der Waals surface area contributed by atoms with Crippen LogP contribution in [0.25, 0.3) is 16.9 Å². The minimum absolute atomic E-state index is 0.0553. The summed E-state index contributed by atoms with van der Waals surface area (Å²) in [6.45, 7) is 6.98. The third-order valence-corrected chi connectivity index (χ3v) is 5.76. The number of aromatic nitrogens is 2. The molecule has 7 nitrogen and oxygen atoms in total. The Balaban J connectivity index is 1.62. The largest absolute Gasteiger partial charge is 0.482 e. The van der Waals surface area contributed by atoms with E-state index < -0.39 is 0 Å². The lowest BCUT2D eigenvalue weighted by molar-refractivity contribution is -0.121. The number of fused-ring (bicyclic) bond motifs is 2. The van der Waals surface area contributed by atoms with Gasteiger partial charge < -0.3 is 15.0 Å². The molecule has 5 rings (SSSR count). The number of halogens is 1. The number of anilines is 1. The quantitative estimate of drug-likeness (QED) is 0.717. The number of piperazine rings is 1. The molecule has 0 atom stereocenters. The number of benzene rings is 1. The van der Waals surface area contributed by atoms with E-state index in [2.05, 4.69) is 10.2 Å². The van der Waals surface area contributed by atoms with Gasteiger partial charge in [-0.15, -0.1) is 0 Å². The van der Waals surface area contributed by atoms with E-state index in [-0.39, 0.29) is 18.3 Å². The number of nitrogens with one attached hydrogen (secondary N) is 1. The van der Waals surface area contributed by atoms with Gasteiger partial charge in [0.1, 0.15) is 17.2 Å². The molecule has 8 heteroatoms. The van der Waals surface area contributed by atoms with Crippen molar-refractivity contribution in [1.82, 2.24) is 19.6 Å². The molecular formula is C22H24FN5O2. The highest BCUT2D eigenvalue weighted by Crippen LogP contribution is 2.37. The first kappa shape index (κ1) is 19.0. The number of imidazole rings is 1. The predicted molar refractivity (Wildman–Crippen MR) is 112 cm³/mol. The molecule has 1 N–H and O–H groups in total. The van der Waals surface area contributed by atoms with E-state index in [1.165, 1.54) is 12.3 Å². The topological polar surface area (TPSA) is 62.1 Å². The highest BCUT2D eigenvalue weighted by atomic mass is 19.1. The van der Waals surface area contributed by atoms with Crippen molar-refractivity contribution in [2.75, 3.05) is 44.2 Å². The lowest BCUT2D eigenvalue weighted by Gasteiger charge is -2.29. The second kappa shape index (κ2) is 7.70. The number of likely N-dealkylation sites (N-methyl/N-ethyl adjacent to an activating group) is 1. The third-order valence-electron chi connectivity index (χ3n) is 5.76. The van der Waals surface area contributed by atoms with Crippen LogP contribution in [-0.4, -0.2) is 59.5 Å². The minimum Gasteiger partial charge on any atom is -0.482 e. The molecular weight excluding hydrogens is 385 g/mol.